The normalized spacial score (nSPS) is 26.6. The molecule has 3 heteroatoms. The van der Waals surface area contributed by atoms with Gasteiger partial charge in [-0.3, -0.25) is 4.98 Å². The van der Waals surface area contributed by atoms with Crippen LogP contribution in [0.2, 0.25) is 5.02 Å². The van der Waals surface area contributed by atoms with Crippen molar-refractivity contribution < 1.29 is 0 Å². The summed E-state index contributed by atoms with van der Waals surface area (Å²) in [5.41, 5.74) is 2.04. The summed E-state index contributed by atoms with van der Waals surface area (Å²) in [6, 6.07) is 8.63. The minimum atomic E-state index is 0.561. The molecule has 3 rings (SSSR count). The van der Waals surface area contributed by atoms with Crippen molar-refractivity contribution in [2.75, 3.05) is 5.32 Å². The summed E-state index contributed by atoms with van der Waals surface area (Å²) in [6.07, 6.45) is 5.59. The van der Waals surface area contributed by atoms with E-state index in [0.29, 0.717) is 6.04 Å². The molecule has 1 fully saturated rings. The number of nitrogens with zero attached hydrogens (tertiary/aromatic N) is 1. The molecule has 1 aromatic heterocycles. The Morgan fingerprint density at radius 1 is 1.15 bits per heavy atom. The summed E-state index contributed by atoms with van der Waals surface area (Å²) in [4.78, 5) is 4.39. The van der Waals surface area contributed by atoms with Gasteiger partial charge in [-0.2, -0.15) is 0 Å². The number of halogens is 1. The zero-order valence-electron chi connectivity index (χ0n) is 12.1. The fourth-order valence-corrected chi connectivity index (χ4v) is 3.38. The Kier molecular flexibility index (Phi) is 3.84. The molecule has 3 atom stereocenters. The second kappa shape index (κ2) is 5.61. The van der Waals surface area contributed by atoms with Crippen molar-refractivity contribution in [2.24, 2.45) is 11.8 Å². The summed E-state index contributed by atoms with van der Waals surface area (Å²) in [5, 5.41) is 5.54. The number of pyridine rings is 1. The molecule has 1 heterocycles. The molecule has 3 unspecified atom stereocenters. The van der Waals surface area contributed by atoms with Crippen LogP contribution < -0.4 is 5.32 Å². The first-order valence-corrected chi connectivity index (χ1v) is 7.82. The molecular weight excluding hydrogens is 268 g/mol. The molecule has 0 amide bonds. The predicted molar refractivity (Wildman–Crippen MR) is 86.3 cm³/mol. The van der Waals surface area contributed by atoms with Gasteiger partial charge in [0.1, 0.15) is 0 Å². The lowest BCUT2D eigenvalue weighted by Crippen LogP contribution is -2.30. The lowest BCUT2D eigenvalue weighted by atomic mass is 9.79. The summed E-state index contributed by atoms with van der Waals surface area (Å²) >= 11 is 6.22. The highest BCUT2D eigenvalue weighted by Crippen LogP contribution is 2.33. The molecule has 106 valence electrons. The number of hydrogen-bond donors (Lipinski definition) is 1. The van der Waals surface area contributed by atoms with E-state index in [1.165, 1.54) is 19.3 Å². The van der Waals surface area contributed by atoms with E-state index in [4.69, 9.17) is 11.6 Å². The van der Waals surface area contributed by atoms with Gasteiger partial charge >= 0.3 is 0 Å². The van der Waals surface area contributed by atoms with Crippen LogP contribution in [0.3, 0.4) is 0 Å². The largest absolute Gasteiger partial charge is 0.382 e. The number of nitrogens with one attached hydrogen (secondary N) is 1. The molecule has 0 spiro atoms. The maximum absolute atomic E-state index is 6.22. The van der Waals surface area contributed by atoms with Gasteiger partial charge < -0.3 is 5.32 Å². The van der Waals surface area contributed by atoms with Gasteiger partial charge in [0.15, 0.2) is 0 Å². The van der Waals surface area contributed by atoms with Crippen LogP contribution in [0, 0.1) is 11.8 Å². The Balaban J connectivity index is 1.86. The van der Waals surface area contributed by atoms with Crippen LogP contribution in [0.5, 0.6) is 0 Å². The molecule has 20 heavy (non-hydrogen) atoms. The lowest BCUT2D eigenvalue weighted by molar-refractivity contribution is 0.261. The molecular formula is C17H21ClN2. The highest BCUT2D eigenvalue weighted by atomic mass is 35.5. The highest BCUT2D eigenvalue weighted by molar-refractivity contribution is 6.35. The number of rotatable bonds is 2. The fraction of sp³-hybridized carbons (Fsp3) is 0.471. The Morgan fingerprint density at radius 2 is 2.00 bits per heavy atom. The maximum Gasteiger partial charge on any atom is 0.0908 e. The Labute approximate surface area is 125 Å². The number of benzene rings is 1. The summed E-state index contributed by atoms with van der Waals surface area (Å²) < 4.78 is 0. The third-order valence-electron chi connectivity index (χ3n) is 4.68. The van der Waals surface area contributed by atoms with Crippen LogP contribution in [-0.4, -0.2) is 11.0 Å². The van der Waals surface area contributed by atoms with E-state index in [2.05, 4.69) is 36.3 Å². The van der Waals surface area contributed by atoms with Gasteiger partial charge in [0.2, 0.25) is 0 Å². The summed E-state index contributed by atoms with van der Waals surface area (Å²) in [7, 11) is 0. The van der Waals surface area contributed by atoms with Crippen molar-refractivity contribution >= 4 is 28.2 Å². The topological polar surface area (TPSA) is 24.9 Å². The van der Waals surface area contributed by atoms with Crippen LogP contribution in [0.1, 0.15) is 33.1 Å². The van der Waals surface area contributed by atoms with Crippen molar-refractivity contribution in [3.05, 3.63) is 35.5 Å². The second-order valence-electron chi connectivity index (χ2n) is 6.10. The Hall–Kier alpha value is -1.28. The quantitative estimate of drug-likeness (QED) is 0.829. The monoisotopic (exact) mass is 288 g/mol. The first-order valence-electron chi connectivity index (χ1n) is 7.45. The van der Waals surface area contributed by atoms with Crippen molar-refractivity contribution in [1.82, 2.24) is 4.98 Å². The molecule has 1 N–H and O–H groups in total. The number of aromatic nitrogens is 1. The molecule has 0 aliphatic heterocycles. The number of hydrogen-bond acceptors (Lipinski definition) is 2. The number of fused-ring (bicyclic) bond motifs is 1. The van der Waals surface area contributed by atoms with Crippen LogP contribution in [0.4, 0.5) is 5.69 Å². The molecule has 1 aliphatic carbocycles. The average Bonchev–Trinajstić information content (AvgIpc) is 2.46. The zero-order valence-corrected chi connectivity index (χ0v) is 12.8. The van der Waals surface area contributed by atoms with Gasteiger partial charge in [0.25, 0.3) is 0 Å². The first kappa shape index (κ1) is 13.7. The molecule has 1 aromatic carbocycles. The van der Waals surface area contributed by atoms with Crippen LogP contribution in [-0.2, 0) is 0 Å². The smallest absolute Gasteiger partial charge is 0.0908 e. The lowest BCUT2D eigenvalue weighted by Gasteiger charge is -2.33. The Morgan fingerprint density at radius 3 is 2.80 bits per heavy atom. The number of anilines is 1. The van der Waals surface area contributed by atoms with Gasteiger partial charge in [-0.15, -0.1) is 0 Å². The van der Waals surface area contributed by atoms with E-state index in [1.54, 1.807) is 6.20 Å². The minimum Gasteiger partial charge on any atom is -0.382 e. The molecule has 0 bridgehead atoms. The molecule has 0 saturated heterocycles. The molecule has 1 aliphatic rings. The van der Waals surface area contributed by atoms with Gasteiger partial charge in [0, 0.05) is 23.3 Å². The second-order valence-corrected chi connectivity index (χ2v) is 6.51. The fourth-order valence-electron chi connectivity index (χ4n) is 3.16. The van der Waals surface area contributed by atoms with Gasteiger partial charge in [0.05, 0.1) is 10.5 Å². The van der Waals surface area contributed by atoms with E-state index >= 15 is 0 Å². The Bertz CT molecular complexity index is 611. The van der Waals surface area contributed by atoms with Crippen LogP contribution in [0.25, 0.3) is 10.9 Å². The van der Waals surface area contributed by atoms with E-state index in [9.17, 15) is 0 Å². The van der Waals surface area contributed by atoms with E-state index in [1.807, 2.05) is 12.1 Å². The molecule has 0 radical (unpaired) electrons. The highest BCUT2D eigenvalue weighted by Gasteiger charge is 2.24. The van der Waals surface area contributed by atoms with Crippen molar-refractivity contribution in [1.29, 1.82) is 0 Å². The van der Waals surface area contributed by atoms with E-state index in [-0.39, 0.29) is 0 Å². The van der Waals surface area contributed by atoms with E-state index in [0.717, 1.165) is 33.4 Å². The maximum atomic E-state index is 6.22. The minimum absolute atomic E-state index is 0.561. The standard InChI is InChI=1S/C17H21ClN2/c1-11-5-6-13(10-12(11)2)20-16-8-7-15(18)17-14(16)4-3-9-19-17/h3-4,7-9,11-13,20H,5-6,10H2,1-2H3. The predicted octanol–water partition coefficient (Wildman–Crippen LogP) is 5.12. The molecule has 2 nitrogen and oxygen atoms in total. The van der Waals surface area contributed by atoms with Gasteiger partial charge in [-0.25, -0.2) is 0 Å². The third-order valence-corrected chi connectivity index (χ3v) is 4.98. The van der Waals surface area contributed by atoms with Crippen molar-refractivity contribution in [3.63, 3.8) is 0 Å². The zero-order chi connectivity index (χ0) is 14.1. The molecule has 1 saturated carbocycles. The molecule has 2 aromatic rings. The SMILES string of the molecule is CC1CCC(Nc2ccc(Cl)c3ncccc23)CC1C. The summed E-state index contributed by atoms with van der Waals surface area (Å²) in [5.74, 6) is 1.63. The average molecular weight is 289 g/mol. The van der Waals surface area contributed by atoms with Crippen molar-refractivity contribution in [2.45, 2.75) is 39.2 Å². The third kappa shape index (κ3) is 2.62. The summed E-state index contributed by atoms with van der Waals surface area (Å²) in [6.45, 7) is 4.72. The van der Waals surface area contributed by atoms with Crippen LogP contribution >= 0.6 is 11.6 Å². The van der Waals surface area contributed by atoms with Gasteiger partial charge in [-0.05, 0) is 55.4 Å². The van der Waals surface area contributed by atoms with Crippen molar-refractivity contribution in [3.8, 4) is 0 Å². The van der Waals surface area contributed by atoms with E-state index < -0.39 is 0 Å². The van der Waals surface area contributed by atoms with Crippen LogP contribution in [0.15, 0.2) is 30.5 Å². The first-order chi connectivity index (χ1) is 9.65. The van der Waals surface area contributed by atoms with Gasteiger partial charge in [-0.1, -0.05) is 25.4 Å².